The predicted molar refractivity (Wildman–Crippen MR) is 148 cm³/mol. The van der Waals surface area contributed by atoms with E-state index in [1.807, 2.05) is 18.2 Å². The highest BCUT2D eigenvalue weighted by molar-refractivity contribution is 7.07. The van der Waals surface area contributed by atoms with Crippen molar-refractivity contribution in [2.24, 2.45) is 4.99 Å². The molecule has 2 aromatic carbocycles. The van der Waals surface area contributed by atoms with Crippen LogP contribution in [0.1, 0.15) is 57.4 Å². The summed E-state index contributed by atoms with van der Waals surface area (Å²) in [6, 6.07) is 14.1. The van der Waals surface area contributed by atoms with Gasteiger partial charge >= 0.3 is 11.9 Å². The van der Waals surface area contributed by atoms with E-state index in [1.165, 1.54) is 34.5 Å². The number of rotatable bonds is 6. The van der Waals surface area contributed by atoms with E-state index in [1.54, 1.807) is 31.2 Å². The number of thiazole rings is 1. The first-order valence-corrected chi connectivity index (χ1v) is 13.0. The molecule has 0 bridgehead atoms. The molecule has 8 heteroatoms. The van der Waals surface area contributed by atoms with Gasteiger partial charge in [0.05, 0.1) is 21.8 Å². The van der Waals surface area contributed by atoms with E-state index in [0.717, 1.165) is 5.56 Å². The fourth-order valence-electron chi connectivity index (χ4n) is 4.23. The Morgan fingerprint density at radius 1 is 1.11 bits per heavy atom. The number of fused-ring (bicyclic) bond motifs is 1. The Bertz CT molecular complexity index is 1600. The lowest BCUT2D eigenvalue weighted by Crippen LogP contribution is -2.39. The number of hydrogen-bond donors (Lipinski definition) is 0. The van der Waals surface area contributed by atoms with E-state index < -0.39 is 18.0 Å². The number of ether oxygens (including phenoxy) is 2. The summed E-state index contributed by atoms with van der Waals surface area (Å²) in [5, 5.41) is 0. The molecule has 0 saturated carbocycles. The minimum atomic E-state index is -0.764. The summed E-state index contributed by atoms with van der Waals surface area (Å²) in [4.78, 5) is 43.3. The molecule has 0 amide bonds. The van der Waals surface area contributed by atoms with Crippen LogP contribution in [0.2, 0.25) is 0 Å². The summed E-state index contributed by atoms with van der Waals surface area (Å²) in [6.07, 6.45) is 3.32. The molecular formula is C30H30N2O5S. The van der Waals surface area contributed by atoms with Gasteiger partial charge in [-0.3, -0.25) is 14.2 Å². The lowest BCUT2D eigenvalue weighted by atomic mass is 9.87. The average molecular weight is 531 g/mol. The molecule has 0 unspecified atom stereocenters. The van der Waals surface area contributed by atoms with Gasteiger partial charge in [0.2, 0.25) is 0 Å². The zero-order valence-corrected chi connectivity index (χ0v) is 22.9. The number of carbonyl (C=O) groups is 2. The Balaban J connectivity index is 1.85. The zero-order valence-electron chi connectivity index (χ0n) is 22.1. The summed E-state index contributed by atoms with van der Waals surface area (Å²) >= 11 is 1.27. The first-order chi connectivity index (χ1) is 18.0. The summed E-state index contributed by atoms with van der Waals surface area (Å²) in [5.74, 6) is -0.651. The van der Waals surface area contributed by atoms with Crippen molar-refractivity contribution in [2.45, 2.75) is 46.1 Å². The highest BCUT2D eigenvalue weighted by Gasteiger charge is 2.33. The Morgan fingerprint density at radius 3 is 2.34 bits per heavy atom. The first kappa shape index (κ1) is 27.0. The van der Waals surface area contributed by atoms with Crippen LogP contribution in [0.5, 0.6) is 5.75 Å². The minimum absolute atomic E-state index is 0.0248. The van der Waals surface area contributed by atoms with E-state index in [-0.39, 0.29) is 23.2 Å². The second kappa shape index (κ2) is 10.8. The molecule has 2 heterocycles. The Hall–Kier alpha value is -4.04. The smallest absolute Gasteiger partial charge is 0.338 e. The molecule has 1 atom stereocenters. The van der Waals surface area contributed by atoms with Gasteiger partial charge in [-0.2, -0.15) is 0 Å². The van der Waals surface area contributed by atoms with Crippen LogP contribution in [0.25, 0.3) is 6.08 Å². The van der Waals surface area contributed by atoms with E-state index in [0.29, 0.717) is 26.3 Å². The van der Waals surface area contributed by atoms with Crippen LogP contribution in [-0.4, -0.2) is 23.1 Å². The largest absolute Gasteiger partial charge is 0.458 e. The second-order valence-electron chi connectivity index (χ2n) is 10.0. The van der Waals surface area contributed by atoms with Gasteiger partial charge in [0.1, 0.15) is 12.4 Å². The normalized spacial score (nSPS) is 15.5. The van der Waals surface area contributed by atoms with Crippen molar-refractivity contribution in [3.8, 4) is 5.75 Å². The van der Waals surface area contributed by atoms with Gasteiger partial charge in [-0.15, -0.1) is 0 Å². The van der Waals surface area contributed by atoms with Gasteiger partial charge in [-0.25, -0.2) is 9.79 Å². The molecule has 0 fully saturated rings. The van der Waals surface area contributed by atoms with Crippen LogP contribution in [-0.2, 0) is 19.7 Å². The van der Waals surface area contributed by atoms with Crippen LogP contribution >= 0.6 is 11.3 Å². The zero-order chi connectivity index (χ0) is 27.6. The molecule has 0 radical (unpaired) electrons. The quantitative estimate of drug-likeness (QED) is 0.271. The van der Waals surface area contributed by atoms with Gasteiger partial charge in [0.15, 0.2) is 4.80 Å². The van der Waals surface area contributed by atoms with Crippen LogP contribution in [0.3, 0.4) is 0 Å². The second-order valence-corrected chi connectivity index (χ2v) is 11.0. The SMILES string of the molecule is C=CCOC(=O)C1=C(C)N=c2s/c(=C\c3ccc(C(C)(C)C)cc3)c(=O)n2[C@@H]1c1ccc(OC(C)=O)cc1. The number of allylic oxidation sites excluding steroid dienone is 1. The highest BCUT2D eigenvalue weighted by atomic mass is 32.1. The number of carbonyl (C=O) groups excluding carboxylic acids is 2. The topological polar surface area (TPSA) is 87.0 Å². The summed E-state index contributed by atoms with van der Waals surface area (Å²) in [5.41, 5.74) is 3.25. The third-order valence-corrected chi connectivity index (χ3v) is 7.09. The molecule has 38 heavy (non-hydrogen) atoms. The Kier molecular flexibility index (Phi) is 7.64. The lowest BCUT2D eigenvalue weighted by Gasteiger charge is -2.24. The lowest BCUT2D eigenvalue weighted by molar-refractivity contribution is -0.138. The molecule has 0 aliphatic carbocycles. The van der Waals surface area contributed by atoms with Crippen LogP contribution in [0.4, 0.5) is 0 Å². The first-order valence-electron chi connectivity index (χ1n) is 12.2. The molecule has 0 N–H and O–H groups in total. The van der Waals surface area contributed by atoms with Crippen molar-refractivity contribution in [1.82, 2.24) is 4.57 Å². The molecule has 7 nitrogen and oxygen atoms in total. The van der Waals surface area contributed by atoms with Crippen LogP contribution < -0.4 is 19.6 Å². The van der Waals surface area contributed by atoms with Gasteiger partial charge in [-0.1, -0.05) is 81.2 Å². The molecule has 1 aliphatic heterocycles. The third kappa shape index (κ3) is 5.60. The van der Waals surface area contributed by atoms with Crippen molar-refractivity contribution in [3.05, 3.63) is 109 Å². The van der Waals surface area contributed by atoms with Crippen molar-refractivity contribution in [1.29, 1.82) is 0 Å². The third-order valence-electron chi connectivity index (χ3n) is 6.11. The fourth-order valence-corrected chi connectivity index (χ4v) is 5.27. The molecule has 1 aromatic heterocycles. The molecule has 1 aliphatic rings. The Labute approximate surface area is 225 Å². The highest BCUT2D eigenvalue weighted by Crippen LogP contribution is 2.31. The average Bonchev–Trinajstić information content (AvgIpc) is 3.16. The maximum atomic E-state index is 13.8. The number of aromatic nitrogens is 1. The number of esters is 2. The molecule has 0 spiro atoms. The molecule has 196 valence electrons. The van der Waals surface area contributed by atoms with E-state index >= 15 is 0 Å². The van der Waals surface area contributed by atoms with Crippen molar-refractivity contribution in [2.75, 3.05) is 6.61 Å². The van der Waals surface area contributed by atoms with Gasteiger partial charge in [0, 0.05) is 6.92 Å². The number of benzene rings is 2. The van der Waals surface area contributed by atoms with Gasteiger partial charge in [0.25, 0.3) is 5.56 Å². The number of hydrogen-bond acceptors (Lipinski definition) is 7. The van der Waals surface area contributed by atoms with Gasteiger partial charge in [-0.05, 0) is 47.2 Å². The molecule has 0 saturated heterocycles. The maximum absolute atomic E-state index is 13.8. The van der Waals surface area contributed by atoms with Gasteiger partial charge < -0.3 is 9.47 Å². The van der Waals surface area contributed by atoms with E-state index in [2.05, 4.69) is 44.5 Å². The predicted octanol–water partition coefficient (Wildman–Crippen LogP) is 4.19. The van der Waals surface area contributed by atoms with E-state index in [4.69, 9.17) is 9.47 Å². The summed E-state index contributed by atoms with van der Waals surface area (Å²) < 4.78 is 12.5. The maximum Gasteiger partial charge on any atom is 0.338 e. The monoisotopic (exact) mass is 530 g/mol. The van der Waals surface area contributed by atoms with Crippen molar-refractivity contribution in [3.63, 3.8) is 0 Å². The number of nitrogens with zero attached hydrogens (tertiary/aromatic N) is 2. The standard InChI is InChI=1S/C30H30N2O5S/c1-7-16-36-28(35)25-18(2)31-29-32(26(25)21-10-14-23(15-11-21)37-19(3)33)27(34)24(38-29)17-20-8-12-22(13-9-20)30(4,5)6/h7-15,17,26H,1,16H2,2-6H3/b24-17-/t26-/m1/s1. The van der Waals surface area contributed by atoms with Crippen molar-refractivity contribution < 1.29 is 19.1 Å². The fraction of sp³-hybridized carbons (Fsp3) is 0.267. The van der Waals surface area contributed by atoms with E-state index in [9.17, 15) is 14.4 Å². The summed E-state index contributed by atoms with van der Waals surface area (Å²) in [6.45, 7) is 13.1. The summed E-state index contributed by atoms with van der Waals surface area (Å²) in [7, 11) is 0. The Morgan fingerprint density at radius 2 is 1.76 bits per heavy atom. The van der Waals surface area contributed by atoms with Crippen molar-refractivity contribution >= 4 is 29.4 Å². The molecule has 3 aromatic rings. The van der Waals surface area contributed by atoms with Crippen LogP contribution in [0.15, 0.2) is 82.2 Å². The minimum Gasteiger partial charge on any atom is -0.458 e. The van der Waals surface area contributed by atoms with Crippen LogP contribution in [0, 0.1) is 0 Å². The molecule has 4 rings (SSSR count). The molecular weight excluding hydrogens is 500 g/mol.